The summed E-state index contributed by atoms with van der Waals surface area (Å²) in [6, 6.07) is 6.13. The summed E-state index contributed by atoms with van der Waals surface area (Å²) in [5, 5.41) is 21.4. The van der Waals surface area contributed by atoms with Gasteiger partial charge in [-0.3, -0.25) is 4.79 Å². The number of carboxylic acids is 1. The van der Waals surface area contributed by atoms with Crippen LogP contribution in [0.4, 0.5) is 0 Å². The first-order valence-electron chi connectivity index (χ1n) is 7.75. The fourth-order valence-corrected chi connectivity index (χ4v) is 3.25. The fourth-order valence-electron chi connectivity index (χ4n) is 3.25. The van der Waals surface area contributed by atoms with Gasteiger partial charge in [-0.05, 0) is 46.4 Å². The molecule has 0 amide bonds. The van der Waals surface area contributed by atoms with E-state index in [1.807, 2.05) is 6.07 Å². The molecule has 22 heavy (non-hydrogen) atoms. The topological polar surface area (TPSA) is 69.9 Å². The highest BCUT2D eigenvalue weighted by Gasteiger charge is 2.37. The van der Waals surface area contributed by atoms with Crippen LogP contribution in [0.1, 0.15) is 70.1 Å². The van der Waals surface area contributed by atoms with Gasteiger partial charge in [0.05, 0.1) is 12.1 Å². The maximum absolute atomic E-state index is 10.7. The largest absolute Gasteiger partial charge is 0.481 e. The van der Waals surface area contributed by atoms with E-state index in [2.05, 4.69) is 45.0 Å². The molecule has 120 valence electrons. The number of nitrogens with zero attached hydrogens (tertiary/aromatic N) is 1. The average molecular weight is 303 g/mol. The lowest BCUT2D eigenvalue weighted by atomic mass is 9.63. The van der Waals surface area contributed by atoms with Gasteiger partial charge >= 0.3 is 5.97 Å². The van der Waals surface area contributed by atoms with Gasteiger partial charge in [0.15, 0.2) is 0 Å². The van der Waals surface area contributed by atoms with E-state index in [4.69, 9.17) is 5.11 Å². The minimum absolute atomic E-state index is 0.0363. The van der Waals surface area contributed by atoms with Crippen molar-refractivity contribution in [1.82, 2.24) is 0 Å². The number of oxime groups is 1. The van der Waals surface area contributed by atoms with Crippen molar-refractivity contribution >= 4 is 11.7 Å². The average Bonchev–Trinajstić information content (AvgIpc) is 2.44. The molecule has 2 N–H and O–H groups in total. The first-order valence-corrected chi connectivity index (χ1v) is 7.75. The number of fused-ring (bicyclic) bond motifs is 1. The second-order valence-electron chi connectivity index (χ2n) is 7.47. The van der Waals surface area contributed by atoms with Crippen LogP contribution in [0.5, 0.6) is 0 Å². The molecule has 4 nitrogen and oxygen atoms in total. The quantitative estimate of drug-likeness (QED) is 0.500. The van der Waals surface area contributed by atoms with Gasteiger partial charge in [-0.2, -0.15) is 0 Å². The maximum Gasteiger partial charge on any atom is 0.303 e. The molecule has 0 fully saturated rings. The third-order valence-electron chi connectivity index (χ3n) is 4.88. The summed E-state index contributed by atoms with van der Waals surface area (Å²) >= 11 is 0. The van der Waals surface area contributed by atoms with Crippen molar-refractivity contribution in [2.24, 2.45) is 5.16 Å². The zero-order valence-electron chi connectivity index (χ0n) is 13.8. The van der Waals surface area contributed by atoms with Crippen molar-refractivity contribution in [2.45, 2.75) is 64.2 Å². The van der Waals surface area contributed by atoms with Crippen molar-refractivity contribution in [1.29, 1.82) is 0 Å². The van der Waals surface area contributed by atoms with Crippen LogP contribution in [0.25, 0.3) is 0 Å². The van der Waals surface area contributed by atoms with E-state index in [-0.39, 0.29) is 23.7 Å². The molecule has 0 unspecified atom stereocenters. The zero-order valence-corrected chi connectivity index (χ0v) is 13.8. The summed E-state index contributed by atoms with van der Waals surface area (Å²) in [5.74, 6) is -0.888. The number of hydrogen-bond donors (Lipinski definition) is 2. The first kappa shape index (κ1) is 16.5. The van der Waals surface area contributed by atoms with Gasteiger partial charge in [-0.1, -0.05) is 45.0 Å². The van der Waals surface area contributed by atoms with Crippen molar-refractivity contribution in [3.05, 3.63) is 34.9 Å². The summed E-state index contributed by atoms with van der Waals surface area (Å²) in [6.07, 6.45) is 2.45. The number of carboxylic acid groups (broad SMARTS) is 1. The predicted octanol–water partition coefficient (Wildman–Crippen LogP) is 4.08. The molecule has 0 saturated heterocycles. The van der Waals surface area contributed by atoms with Gasteiger partial charge in [-0.25, -0.2) is 0 Å². The van der Waals surface area contributed by atoms with Crippen LogP contribution in [0.15, 0.2) is 23.4 Å². The molecule has 4 heteroatoms. The van der Waals surface area contributed by atoms with Crippen LogP contribution < -0.4 is 0 Å². The van der Waals surface area contributed by atoms with Crippen LogP contribution >= 0.6 is 0 Å². The third kappa shape index (κ3) is 3.16. The molecule has 0 aromatic heterocycles. The predicted molar refractivity (Wildman–Crippen MR) is 86.9 cm³/mol. The third-order valence-corrected chi connectivity index (χ3v) is 4.88. The van der Waals surface area contributed by atoms with Gasteiger partial charge in [0.2, 0.25) is 0 Å². The highest BCUT2D eigenvalue weighted by molar-refractivity contribution is 6.01. The van der Waals surface area contributed by atoms with Gasteiger partial charge in [0.1, 0.15) is 0 Å². The number of rotatable bonds is 4. The van der Waals surface area contributed by atoms with E-state index in [1.54, 1.807) is 0 Å². The Morgan fingerprint density at radius 3 is 2.23 bits per heavy atom. The van der Waals surface area contributed by atoms with E-state index in [0.29, 0.717) is 5.71 Å². The Morgan fingerprint density at radius 2 is 1.68 bits per heavy atom. The Hall–Kier alpha value is -1.84. The Kier molecular flexibility index (Phi) is 4.32. The standard InChI is InChI=1S/C18H25NO3/c1-17(2)9-10-18(3,4)14-11-12(5-6-13(14)17)15(19-22)7-8-16(20)21/h5-6,11,22H,7-10H2,1-4H3,(H,20,21)/b19-15+. The summed E-state index contributed by atoms with van der Waals surface area (Å²) in [5.41, 5.74) is 4.08. The molecule has 0 bridgehead atoms. The molecule has 0 aliphatic heterocycles. The fraction of sp³-hybridized carbons (Fsp3) is 0.556. The SMILES string of the molecule is CC1(C)CCC(C)(C)c2cc(/C(CCC(=O)O)=N/O)ccc21. The molecule has 2 rings (SSSR count). The molecule has 1 aliphatic rings. The highest BCUT2D eigenvalue weighted by Crippen LogP contribution is 2.45. The Labute approximate surface area is 131 Å². The van der Waals surface area contributed by atoms with E-state index in [1.165, 1.54) is 11.1 Å². The molecule has 1 aromatic carbocycles. The molecular formula is C18H25NO3. The van der Waals surface area contributed by atoms with Crippen molar-refractivity contribution in [3.8, 4) is 0 Å². The smallest absolute Gasteiger partial charge is 0.303 e. The van der Waals surface area contributed by atoms with Crippen LogP contribution in [0.2, 0.25) is 0 Å². The van der Waals surface area contributed by atoms with Crippen LogP contribution in [0.3, 0.4) is 0 Å². The minimum atomic E-state index is -0.888. The summed E-state index contributed by atoms with van der Waals surface area (Å²) in [6.45, 7) is 8.98. The summed E-state index contributed by atoms with van der Waals surface area (Å²) in [7, 11) is 0. The van der Waals surface area contributed by atoms with Gasteiger partial charge < -0.3 is 10.3 Å². The van der Waals surface area contributed by atoms with E-state index in [0.717, 1.165) is 18.4 Å². The van der Waals surface area contributed by atoms with Crippen molar-refractivity contribution in [3.63, 3.8) is 0 Å². The lowest BCUT2D eigenvalue weighted by Crippen LogP contribution is -2.34. The monoisotopic (exact) mass is 303 g/mol. The number of hydrogen-bond acceptors (Lipinski definition) is 3. The molecule has 0 heterocycles. The lowest BCUT2D eigenvalue weighted by molar-refractivity contribution is -0.136. The Balaban J connectivity index is 2.43. The van der Waals surface area contributed by atoms with Gasteiger partial charge in [0, 0.05) is 6.42 Å². The van der Waals surface area contributed by atoms with Crippen molar-refractivity contribution < 1.29 is 15.1 Å². The molecule has 0 radical (unpaired) electrons. The van der Waals surface area contributed by atoms with Gasteiger partial charge in [0.25, 0.3) is 0 Å². The number of benzene rings is 1. The van der Waals surface area contributed by atoms with Crippen molar-refractivity contribution in [2.75, 3.05) is 0 Å². The maximum atomic E-state index is 10.7. The van der Waals surface area contributed by atoms with E-state index < -0.39 is 5.97 Å². The van der Waals surface area contributed by atoms with E-state index in [9.17, 15) is 10.0 Å². The minimum Gasteiger partial charge on any atom is -0.481 e. The molecule has 0 spiro atoms. The molecule has 1 aliphatic carbocycles. The molecular weight excluding hydrogens is 278 g/mol. The normalized spacial score (nSPS) is 19.5. The highest BCUT2D eigenvalue weighted by atomic mass is 16.4. The summed E-state index contributed by atoms with van der Waals surface area (Å²) < 4.78 is 0. The Bertz CT molecular complexity index is 615. The summed E-state index contributed by atoms with van der Waals surface area (Å²) in [4.78, 5) is 10.7. The molecule has 1 aromatic rings. The Morgan fingerprint density at radius 1 is 1.09 bits per heavy atom. The van der Waals surface area contributed by atoms with Crippen LogP contribution in [-0.4, -0.2) is 22.0 Å². The van der Waals surface area contributed by atoms with Crippen LogP contribution in [0, 0.1) is 0 Å². The van der Waals surface area contributed by atoms with Gasteiger partial charge in [-0.15, -0.1) is 0 Å². The molecule has 0 saturated carbocycles. The van der Waals surface area contributed by atoms with Crippen LogP contribution in [-0.2, 0) is 15.6 Å². The number of aliphatic carboxylic acids is 1. The second-order valence-corrected chi connectivity index (χ2v) is 7.47. The van der Waals surface area contributed by atoms with E-state index >= 15 is 0 Å². The first-order chi connectivity index (χ1) is 10.2. The second kappa shape index (κ2) is 5.75. The molecule has 0 atom stereocenters. The zero-order chi connectivity index (χ0) is 16.5. The lowest BCUT2D eigenvalue weighted by Gasteiger charge is -2.42. The number of carbonyl (C=O) groups is 1.